The Morgan fingerprint density at radius 1 is 1.19 bits per heavy atom. The molecule has 0 aliphatic rings. The first-order valence-corrected chi connectivity index (χ1v) is 8.40. The Morgan fingerprint density at radius 2 is 1.76 bits per heavy atom. The Labute approximate surface area is 126 Å². The van der Waals surface area contributed by atoms with Crippen LogP contribution in [0.15, 0.2) is 29.2 Å². The molecule has 0 aromatic heterocycles. The SMILES string of the molecule is CC(C)NCCC(=O)NC(C)c1ccc(S(N)(=O)=O)cc1. The highest BCUT2D eigenvalue weighted by Crippen LogP contribution is 2.15. The fraction of sp³-hybridized carbons (Fsp3) is 0.500. The van der Waals surface area contributed by atoms with Gasteiger partial charge in [0.25, 0.3) is 0 Å². The van der Waals surface area contributed by atoms with E-state index in [4.69, 9.17) is 5.14 Å². The fourth-order valence-electron chi connectivity index (χ4n) is 1.82. The normalized spacial score (nSPS) is 13.2. The lowest BCUT2D eigenvalue weighted by Crippen LogP contribution is -2.32. The van der Waals surface area contributed by atoms with Crippen LogP contribution in [0.5, 0.6) is 0 Å². The zero-order chi connectivity index (χ0) is 16.0. The van der Waals surface area contributed by atoms with Crippen molar-refractivity contribution in [1.82, 2.24) is 10.6 Å². The highest BCUT2D eigenvalue weighted by Gasteiger charge is 2.12. The molecule has 6 nitrogen and oxygen atoms in total. The molecular weight excluding hydrogens is 290 g/mol. The van der Waals surface area contributed by atoms with Gasteiger partial charge in [0.2, 0.25) is 15.9 Å². The van der Waals surface area contributed by atoms with Crippen LogP contribution in [0.25, 0.3) is 0 Å². The van der Waals surface area contributed by atoms with Crippen molar-refractivity contribution < 1.29 is 13.2 Å². The molecule has 1 aromatic rings. The van der Waals surface area contributed by atoms with Crippen LogP contribution in [0, 0.1) is 0 Å². The second-order valence-electron chi connectivity index (χ2n) is 5.26. The average Bonchev–Trinajstić information content (AvgIpc) is 2.37. The van der Waals surface area contributed by atoms with Gasteiger partial charge in [-0.15, -0.1) is 0 Å². The predicted molar refractivity (Wildman–Crippen MR) is 82.1 cm³/mol. The molecule has 0 aliphatic heterocycles. The summed E-state index contributed by atoms with van der Waals surface area (Å²) in [5.41, 5.74) is 0.826. The maximum atomic E-state index is 11.8. The summed E-state index contributed by atoms with van der Waals surface area (Å²) >= 11 is 0. The van der Waals surface area contributed by atoms with Gasteiger partial charge in [0.05, 0.1) is 10.9 Å². The van der Waals surface area contributed by atoms with Gasteiger partial charge in [-0.3, -0.25) is 4.79 Å². The fourth-order valence-corrected chi connectivity index (χ4v) is 2.33. The molecule has 0 fully saturated rings. The molecule has 4 N–H and O–H groups in total. The van der Waals surface area contributed by atoms with Crippen molar-refractivity contribution in [1.29, 1.82) is 0 Å². The van der Waals surface area contributed by atoms with Crippen LogP contribution in [-0.4, -0.2) is 26.9 Å². The second kappa shape index (κ2) is 7.53. The van der Waals surface area contributed by atoms with Crippen molar-refractivity contribution in [3.05, 3.63) is 29.8 Å². The molecule has 1 atom stereocenters. The number of nitrogens with one attached hydrogen (secondary N) is 2. The quantitative estimate of drug-likeness (QED) is 0.696. The number of rotatable bonds is 7. The van der Waals surface area contributed by atoms with E-state index in [9.17, 15) is 13.2 Å². The van der Waals surface area contributed by atoms with Gasteiger partial charge in [0, 0.05) is 19.0 Å². The molecule has 0 heterocycles. The van der Waals surface area contributed by atoms with E-state index in [-0.39, 0.29) is 16.8 Å². The van der Waals surface area contributed by atoms with Crippen molar-refractivity contribution in [3.8, 4) is 0 Å². The predicted octanol–water partition coefficient (Wildman–Crippen LogP) is 0.899. The van der Waals surface area contributed by atoms with Crippen molar-refractivity contribution >= 4 is 15.9 Å². The molecule has 0 aliphatic carbocycles. The Morgan fingerprint density at radius 3 is 2.24 bits per heavy atom. The molecule has 118 valence electrons. The maximum Gasteiger partial charge on any atom is 0.238 e. The van der Waals surface area contributed by atoms with Gasteiger partial charge in [-0.1, -0.05) is 26.0 Å². The molecule has 7 heteroatoms. The van der Waals surface area contributed by atoms with Crippen LogP contribution in [0.3, 0.4) is 0 Å². The number of hydrogen-bond donors (Lipinski definition) is 3. The molecule has 1 rings (SSSR count). The van der Waals surface area contributed by atoms with Crippen molar-refractivity contribution in [2.45, 2.75) is 44.2 Å². The van der Waals surface area contributed by atoms with Crippen LogP contribution in [0.4, 0.5) is 0 Å². The van der Waals surface area contributed by atoms with Crippen LogP contribution >= 0.6 is 0 Å². The lowest BCUT2D eigenvalue weighted by molar-refractivity contribution is -0.121. The minimum Gasteiger partial charge on any atom is -0.350 e. The summed E-state index contributed by atoms with van der Waals surface area (Å²) in [5.74, 6) is -0.0498. The number of sulfonamides is 1. The van der Waals surface area contributed by atoms with Crippen molar-refractivity contribution in [2.24, 2.45) is 5.14 Å². The zero-order valence-electron chi connectivity index (χ0n) is 12.6. The Hall–Kier alpha value is -1.44. The molecule has 1 amide bonds. The number of benzene rings is 1. The van der Waals surface area contributed by atoms with E-state index in [0.717, 1.165) is 5.56 Å². The first-order valence-electron chi connectivity index (χ1n) is 6.85. The molecule has 0 spiro atoms. The second-order valence-corrected chi connectivity index (χ2v) is 6.82. The highest BCUT2D eigenvalue weighted by molar-refractivity contribution is 7.89. The minimum absolute atomic E-state index is 0.0498. The summed E-state index contributed by atoms with van der Waals surface area (Å²) < 4.78 is 22.3. The van der Waals surface area contributed by atoms with Crippen LogP contribution < -0.4 is 15.8 Å². The number of primary sulfonamides is 1. The summed E-state index contributed by atoms with van der Waals surface area (Å²) in [4.78, 5) is 11.8. The van der Waals surface area contributed by atoms with Gasteiger partial charge < -0.3 is 10.6 Å². The summed E-state index contributed by atoms with van der Waals surface area (Å²) in [7, 11) is -3.68. The van der Waals surface area contributed by atoms with E-state index >= 15 is 0 Å². The summed E-state index contributed by atoms with van der Waals surface area (Å²) in [6.07, 6.45) is 0.401. The third kappa shape index (κ3) is 6.24. The minimum atomic E-state index is -3.68. The smallest absolute Gasteiger partial charge is 0.238 e. The molecule has 0 radical (unpaired) electrons. The molecular formula is C14H23N3O3S. The molecule has 0 saturated carbocycles. The van der Waals surface area contributed by atoms with Gasteiger partial charge in [0.15, 0.2) is 0 Å². The lowest BCUT2D eigenvalue weighted by atomic mass is 10.1. The first-order chi connectivity index (χ1) is 9.70. The largest absolute Gasteiger partial charge is 0.350 e. The van der Waals surface area contributed by atoms with Gasteiger partial charge in [-0.25, -0.2) is 13.6 Å². The number of carbonyl (C=O) groups excluding carboxylic acids is 1. The molecule has 1 unspecified atom stereocenters. The van der Waals surface area contributed by atoms with E-state index in [1.807, 2.05) is 20.8 Å². The first kappa shape index (κ1) is 17.6. The van der Waals surface area contributed by atoms with Gasteiger partial charge in [-0.2, -0.15) is 0 Å². The van der Waals surface area contributed by atoms with E-state index in [1.54, 1.807) is 12.1 Å². The third-order valence-electron chi connectivity index (χ3n) is 2.99. The Kier molecular flexibility index (Phi) is 6.32. The highest BCUT2D eigenvalue weighted by atomic mass is 32.2. The number of hydrogen-bond acceptors (Lipinski definition) is 4. The third-order valence-corrected chi connectivity index (χ3v) is 3.92. The Balaban J connectivity index is 2.55. The molecule has 0 bridgehead atoms. The Bertz CT molecular complexity index is 568. The molecule has 0 saturated heterocycles. The molecule has 1 aromatic carbocycles. The van der Waals surface area contributed by atoms with E-state index in [2.05, 4.69) is 10.6 Å². The standard InChI is InChI=1S/C14H23N3O3S/c1-10(2)16-9-8-14(18)17-11(3)12-4-6-13(7-5-12)21(15,19)20/h4-7,10-11,16H,8-9H2,1-3H3,(H,17,18)(H2,15,19,20). The summed E-state index contributed by atoms with van der Waals surface area (Å²) in [5, 5.41) is 11.1. The number of amides is 1. The van der Waals surface area contributed by atoms with Crippen LogP contribution in [0.2, 0.25) is 0 Å². The van der Waals surface area contributed by atoms with E-state index in [0.29, 0.717) is 19.0 Å². The van der Waals surface area contributed by atoms with E-state index in [1.165, 1.54) is 12.1 Å². The molecule has 21 heavy (non-hydrogen) atoms. The summed E-state index contributed by atoms with van der Waals surface area (Å²) in [6.45, 7) is 6.52. The van der Waals surface area contributed by atoms with Gasteiger partial charge in [-0.05, 0) is 24.6 Å². The van der Waals surface area contributed by atoms with Gasteiger partial charge in [0.1, 0.15) is 0 Å². The van der Waals surface area contributed by atoms with Gasteiger partial charge >= 0.3 is 0 Å². The monoisotopic (exact) mass is 313 g/mol. The number of carbonyl (C=O) groups is 1. The van der Waals surface area contributed by atoms with Crippen LogP contribution in [0.1, 0.15) is 38.8 Å². The van der Waals surface area contributed by atoms with Crippen molar-refractivity contribution in [3.63, 3.8) is 0 Å². The van der Waals surface area contributed by atoms with E-state index < -0.39 is 10.0 Å². The topological polar surface area (TPSA) is 101 Å². The zero-order valence-corrected chi connectivity index (χ0v) is 13.4. The average molecular weight is 313 g/mol. The van der Waals surface area contributed by atoms with Crippen molar-refractivity contribution in [2.75, 3.05) is 6.54 Å². The van der Waals surface area contributed by atoms with Crippen LogP contribution in [-0.2, 0) is 14.8 Å². The maximum absolute atomic E-state index is 11.8. The summed E-state index contributed by atoms with van der Waals surface area (Å²) in [6, 6.07) is 6.34. The number of nitrogens with two attached hydrogens (primary N) is 1. The lowest BCUT2D eigenvalue weighted by Gasteiger charge is -2.15.